The highest BCUT2D eigenvalue weighted by molar-refractivity contribution is 7.15. The Labute approximate surface area is 181 Å². The number of ether oxygens (including phenoxy) is 2. The second-order valence-electron chi connectivity index (χ2n) is 6.04. The summed E-state index contributed by atoms with van der Waals surface area (Å²) in [5.41, 5.74) is 1.41. The van der Waals surface area contributed by atoms with E-state index in [0.29, 0.717) is 28.8 Å². The van der Waals surface area contributed by atoms with Crippen LogP contribution in [0, 0.1) is 18.3 Å². The lowest BCUT2D eigenvalue weighted by Crippen LogP contribution is -2.13. The molecule has 1 amide bonds. The molecular weight excluding hydrogens is 422 g/mol. The van der Waals surface area contributed by atoms with Crippen LogP contribution in [-0.4, -0.2) is 28.2 Å². The van der Waals surface area contributed by atoms with Crippen molar-refractivity contribution in [2.24, 2.45) is 0 Å². The van der Waals surface area contributed by atoms with Gasteiger partial charge in [-0.25, -0.2) is 4.98 Å². The van der Waals surface area contributed by atoms with Crippen LogP contribution in [0.25, 0.3) is 6.08 Å². The number of nitrogens with one attached hydrogen (secondary N) is 1. The van der Waals surface area contributed by atoms with Crippen LogP contribution in [0.2, 0.25) is 0 Å². The first-order chi connectivity index (χ1) is 14.5. The van der Waals surface area contributed by atoms with E-state index < -0.39 is 5.91 Å². The highest BCUT2D eigenvalue weighted by Crippen LogP contribution is 2.30. The van der Waals surface area contributed by atoms with Crippen molar-refractivity contribution in [2.75, 3.05) is 12.4 Å². The summed E-state index contributed by atoms with van der Waals surface area (Å²) in [5, 5.41) is 23.9. The molecule has 2 heterocycles. The molecule has 30 heavy (non-hydrogen) atoms. The second kappa shape index (κ2) is 9.96. The lowest BCUT2D eigenvalue weighted by molar-refractivity contribution is -0.112. The number of methoxy groups -OCH3 is 1. The van der Waals surface area contributed by atoms with Crippen molar-refractivity contribution in [3.05, 3.63) is 50.4 Å². The summed E-state index contributed by atoms with van der Waals surface area (Å²) in [6.45, 7) is 4.21. The first-order valence-electron chi connectivity index (χ1n) is 8.99. The molecule has 1 N–H and O–H groups in total. The molecule has 0 spiro atoms. The van der Waals surface area contributed by atoms with Crippen molar-refractivity contribution >= 4 is 39.8 Å². The summed E-state index contributed by atoms with van der Waals surface area (Å²) in [4.78, 5) is 16.8. The van der Waals surface area contributed by atoms with Crippen LogP contribution in [0.3, 0.4) is 0 Å². The van der Waals surface area contributed by atoms with E-state index in [4.69, 9.17) is 9.47 Å². The van der Waals surface area contributed by atoms with Gasteiger partial charge in [0.2, 0.25) is 5.13 Å². The predicted octanol–water partition coefficient (Wildman–Crippen LogP) is 4.00. The van der Waals surface area contributed by atoms with Crippen molar-refractivity contribution in [1.82, 2.24) is 15.2 Å². The molecule has 8 nitrogen and oxygen atoms in total. The third kappa shape index (κ3) is 5.40. The Morgan fingerprint density at radius 2 is 2.17 bits per heavy atom. The quantitative estimate of drug-likeness (QED) is 0.415. The molecule has 10 heteroatoms. The van der Waals surface area contributed by atoms with Crippen molar-refractivity contribution < 1.29 is 14.3 Å². The number of hydrogen-bond donors (Lipinski definition) is 1. The van der Waals surface area contributed by atoms with Crippen molar-refractivity contribution in [1.29, 1.82) is 5.26 Å². The Kier molecular flexibility index (Phi) is 7.11. The van der Waals surface area contributed by atoms with Gasteiger partial charge in [-0.15, -0.1) is 21.5 Å². The lowest BCUT2D eigenvalue weighted by atomic mass is 10.1. The number of rotatable bonds is 8. The number of nitriles is 1. The summed E-state index contributed by atoms with van der Waals surface area (Å²) >= 11 is 2.84. The fourth-order valence-corrected chi connectivity index (χ4v) is 3.72. The van der Waals surface area contributed by atoms with Crippen LogP contribution in [0.1, 0.15) is 28.2 Å². The molecular formula is C20H19N5O3S2. The molecule has 0 aliphatic rings. The number of aromatic nitrogens is 3. The summed E-state index contributed by atoms with van der Waals surface area (Å²) in [7, 11) is 1.53. The van der Waals surface area contributed by atoms with E-state index >= 15 is 0 Å². The van der Waals surface area contributed by atoms with Gasteiger partial charge in [-0.05, 0) is 37.1 Å². The first kappa shape index (κ1) is 21.4. The summed E-state index contributed by atoms with van der Waals surface area (Å²) in [6.07, 6.45) is 2.21. The molecule has 3 rings (SSSR count). The van der Waals surface area contributed by atoms with Gasteiger partial charge in [-0.1, -0.05) is 24.3 Å². The van der Waals surface area contributed by atoms with Gasteiger partial charge in [0, 0.05) is 5.38 Å². The van der Waals surface area contributed by atoms with Crippen LogP contribution in [0.15, 0.2) is 29.2 Å². The molecule has 0 atom stereocenters. The van der Waals surface area contributed by atoms with Gasteiger partial charge in [-0.2, -0.15) is 5.26 Å². The van der Waals surface area contributed by atoms with Gasteiger partial charge in [-0.3, -0.25) is 10.1 Å². The maximum absolute atomic E-state index is 12.4. The van der Waals surface area contributed by atoms with E-state index in [9.17, 15) is 10.1 Å². The smallest absolute Gasteiger partial charge is 0.268 e. The van der Waals surface area contributed by atoms with Crippen molar-refractivity contribution in [3.63, 3.8) is 0 Å². The SMILES string of the molecule is CCc1nnc(NC(=O)/C(C#N)=C/c2ccc(OCc3csc(C)n3)c(OC)c2)s1. The number of carbonyl (C=O) groups is 1. The van der Waals surface area contributed by atoms with Crippen molar-refractivity contribution in [2.45, 2.75) is 26.9 Å². The molecule has 154 valence electrons. The highest BCUT2D eigenvalue weighted by atomic mass is 32.1. The van der Waals surface area contributed by atoms with E-state index in [1.54, 1.807) is 29.5 Å². The zero-order valence-corrected chi connectivity index (χ0v) is 18.3. The number of thiazole rings is 1. The van der Waals surface area contributed by atoms with Gasteiger partial charge < -0.3 is 9.47 Å². The Morgan fingerprint density at radius 3 is 2.80 bits per heavy atom. The monoisotopic (exact) mass is 441 g/mol. The standard InChI is InChI=1S/C20H19N5O3S2/c1-4-18-24-25-20(30-18)23-19(26)14(9-21)7-13-5-6-16(17(8-13)27-3)28-10-15-11-29-12(2)22-15/h5-8,11H,4,10H2,1-3H3,(H,23,25,26)/b14-7+. The zero-order valence-electron chi connectivity index (χ0n) is 16.6. The maximum Gasteiger partial charge on any atom is 0.268 e. The van der Waals surface area contributed by atoms with E-state index in [0.717, 1.165) is 22.1 Å². The molecule has 0 unspecified atom stereocenters. The minimum Gasteiger partial charge on any atom is -0.493 e. The Bertz CT molecular complexity index is 1110. The molecule has 0 saturated carbocycles. The summed E-state index contributed by atoms with van der Waals surface area (Å²) in [5.74, 6) is 0.490. The van der Waals surface area contributed by atoms with E-state index in [1.165, 1.54) is 24.5 Å². The number of carbonyl (C=O) groups excluding carboxylic acids is 1. The number of nitrogens with zero attached hydrogens (tertiary/aromatic N) is 4. The molecule has 0 fully saturated rings. The number of hydrogen-bond acceptors (Lipinski definition) is 9. The predicted molar refractivity (Wildman–Crippen MR) is 116 cm³/mol. The maximum atomic E-state index is 12.4. The third-order valence-corrected chi connectivity index (χ3v) is 5.70. The van der Waals surface area contributed by atoms with Gasteiger partial charge in [0.25, 0.3) is 5.91 Å². The van der Waals surface area contributed by atoms with E-state index in [2.05, 4.69) is 20.5 Å². The number of anilines is 1. The molecule has 2 aromatic heterocycles. The largest absolute Gasteiger partial charge is 0.493 e. The van der Waals surface area contributed by atoms with Gasteiger partial charge in [0.1, 0.15) is 23.3 Å². The Morgan fingerprint density at radius 1 is 1.33 bits per heavy atom. The van der Waals surface area contributed by atoms with Gasteiger partial charge in [0.15, 0.2) is 11.5 Å². The first-order valence-corrected chi connectivity index (χ1v) is 10.7. The minimum atomic E-state index is -0.547. The van der Waals surface area contributed by atoms with Crippen molar-refractivity contribution in [3.8, 4) is 17.6 Å². The minimum absolute atomic E-state index is 0.0584. The molecule has 0 saturated heterocycles. The lowest BCUT2D eigenvalue weighted by Gasteiger charge is -2.10. The molecule has 1 aromatic carbocycles. The van der Waals surface area contributed by atoms with Crippen LogP contribution in [-0.2, 0) is 17.8 Å². The fraction of sp³-hybridized carbons (Fsp3) is 0.250. The molecule has 0 aliphatic carbocycles. The Hall–Kier alpha value is -3.29. The fourth-order valence-electron chi connectivity index (χ4n) is 2.45. The van der Waals surface area contributed by atoms with Gasteiger partial charge >= 0.3 is 0 Å². The summed E-state index contributed by atoms with van der Waals surface area (Å²) in [6, 6.07) is 7.10. The summed E-state index contributed by atoms with van der Waals surface area (Å²) < 4.78 is 11.2. The topological polar surface area (TPSA) is 110 Å². The number of benzene rings is 1. The van der Waals surface area contributed by atoms with E-state index in [-0.39, 0.29) is 5.57 Å². The van der Waals surface area contributed by atoms with Crippen LogP contribution >= 0.6 is 22.7 Å². The number of amides is 1. The zero-order chi connectivity index (χ0) is 21.5. The molecule has 0 aliphatic heterocycles. The second-order valence-corrected chi connectivity index (χ2v) is 8.16. The van der Waals surface area contributed by atoms with Crippen LogP contribution < -0.4 is 14.8 Å². The van der Waals surface area contributed by atoms with Gasteiger partial charge in [0.05, 0.1) is 17.8 Å². The molecule has 0 bridgehead atoms. The van der Waals surface area contributed by atoms with Crippen LogP contribution in [0.5, 0.6) is 11.5 Å². The molecule has 0 radical (unpaired) electrons. The highest BCUT2D eigenvalue weighted by Gasteiger charge is 2.14. The normalized spacial score (nSPS) is 11.1. The number of aryl methyl sites for hydroxylation is 2. The van der Waals surface area contributed by atoms with Crippen LogP contribution in [0.4, 0.5) is 5.13 Å². The third-order valence-electron chi connectivity index (χ3n) is 3.90. The average molecular weight is 442 g/mol. The van der Waals surface area contributed by atoms with E-state index in [1.807, 2.05) is 25.3 Å². The Balaban J connectivity index is 1.73. The molecule has 3 aromatic rings. The average Bonchev–Trinajstić information content (AvgIpc) is 3.39.